The van der Waals surface area contributed by atoms with Crippen LogP contribution in [0, 0.1) is 0 Å². The first-order chi connectivity index (χ1) is 17.3. The molecule has 3 nitrogen and oxygen atoms in total. The molecule has 0 aromatic heterocycles. The molecule has 0 heterocycles. The summed E-state index contributed by atoms with van der Waals surface area (Å²) in [6, 6.07) is 37.2. The predicted molar refractivity (Wildman–Crippen MR) is 147 cm³/mol. The summed E-state index contributed by atoms with van der Waals surface area (Å²) in [6.07, 6.45) is 4.11. The van der Waals surface area contributed by atoms with Crippen LogP contribution in [0.2, 0.25) is 0 Å². The average molecular weight is 466 g/mol. The fourth-order valence-corrected chi connectivity index (χ4v) is 4.35. The van der Waals surface area contributed by atoms with Crippen LogP contribution in [0.1, 0.15) is 24.0 Å². The SMILES string of the molecule is COCCCc1ccc(N(c2ccc(CCCOC)cc2)c2ccc(-c3ccccc3)cc2)cc1. The molecule has 0 aliphatic carbocycles. The second-order valence-corrected chi connectivity index (χ2v) is 8.77. The molecule has 0 aliphatic heterocycles. The summed E-state index contributed by atoms with van der Waals surface area (Å²) in [5, 5.41) is 0. The molecule has 0 radical (unpaired) electrons. The minimum Gasteiger partial charge on any atom is -0.385 e. The Labute approximate surface area is 210 Å². The molecule has 4 aromatic carbocycles. The van der Waals surface area contributed by atoms with E-state index in [1.807, 2.05) is 0 Å². The zero-order valence-corrected chi connectivity index (χ0v) is 20.8. The number of hydrogen-bond acceptors (Lipinski definition) is 3. The Morgan fingerprint density at radius 3 is 1.31 bits per heavy atom. The van der Waals surface area contributed by atoms with Crippen molar-refractivity contribution < 1.29 is 9.47 Å². The summed E-state index contributed by atoms with van der Waals surface area (Å²) >= 11 is 0. The second-order valence-electron chi connectivity index (χ2n) is 8.77. The van der Waals surface area contributed by atoms with Gasteiger partial charge < -0.3 is 14.4 Å². The largest absolute Gasteiger partial charge is 0.385 e. The van der Waals surface area contributed by atoms with Gasteiger partial charge in [0.1, 0.15) is 0 Å². The van der Waals surface area contributed by atoms with E-state index in [0.717, 1.165) is 56.0 Å². The topological polar surface area (TPSA) is 21.7 Å². The molecule has 0 atom stereocenters. The highest BCUT2D eigenvalue weighted by molar-refractivity contribution is 5.78. The van der Waals surface area contributed by atoms with E-state index in [2.05, 4.69) is 108 Å². The van der Waals surface area contributed by atoms with E-state index in [9.17, 15) is 0 Å². The van der Waals surface area contributed by atoms with Crippen LogP contribution in [0.15, 0.2) is 103 Å². The van der Waals surface area contributed by atoms with Crippen molar-refractivity contribution in [2.24, 2.45) is 0 Å². The molecule has 0 fully saturated rings. The van der Waals surface area contributed by atoms with E-state index in [0.29, 0.717) is 0 Å². The van der Waals surface area contributed by atoms with Crippen molar-refractivity contribution in [3.8, 4) is 11.1 Å². The molecule has 0 unspecified atom stereocenters. The van der Waals surface area contributed by atoms with Gasteiger partial charge in [0.2, 0.25) is 0 Å². The molecular formula is C32H35NO2. The minimum absolute atomic E-state index is 0.790. The van der Waals surface area contributed by atoms with Gasteiger partial charge >= 0.3 is 0 Å². The maximum atomic E-state index is 5.21. The van der Waals surface area contributed by atoms with E-state index in [1.54, 1.807) is 14.2 Å². The Kier molecular flexibility index (Phi) is 9.11. The molecule has 35 heavy (non-hydrogen) atoms. The van der Waals surface area contributed by atoms with Gasteiger partial charge in [0.15, 0.2) is 0 Å². The highest BCUT2D eigenvalue weighted by atomic mass is 16.5. The lowest BCUT2D eigenvalue weighted by Crippen LogP contribution is -2.10. The zero-order valence-electron chi connectivity index (χ0n) is 20.8. The number of hydrogen-bond donors (Lipinski definition) is 0. The summed E-state index contributed by atoms with van der Waals surface area (Å²) < 4.78 is 10.4. The maximum absolute atomic E-state index is 5.21. The Bertz CT molecular complexity index is 1080. The number of benzene rings is 4. The first-order valence-corrected chi connectivity index (χ1v) is 12.4. The highest BCUT2D eigenvalue weighted by Crippen LogP contribution is 2.36. The van der Waals surface area contributed by atoms with E-state index >= 15 is 0 Å². The molecular weight excluding hydrogens is 430 g/mol. The van der Waals surface area contributed by atoms with Gasteiger partial charge in [0, 0.05) is 44.5 Å². The van der Waals surface area contributed by atoms with Crippen molar-refractivity contribution in [3.63, 3.8) is 0 Å². The molecule has 3 heteroatoms. The van der Waals surface area contributed by atoms with Crippen molar-refractivity contribution in [1.82, 2.24) is 0 Å². The summed E-state index contributed by atoms with van der Waals surface area (Å²) in [6.45, 7) is 1.58. The Morgan fingerprint density at radius 1 is 0.486 bits per heavy atom. The number of methoxy groups -OCH3 is 2. The lowest BCUT2D eigenvalue weighted by Gasteiger charge is -2.26. The van der Waals surface area contributed by atoms with Gasteiger partial charge in [-0.15, -0.1) is 0 Å². The van der Waals surface area contributed by atoms with Gasteiger partial charge in [-0.1, -0.05) is 66.7 Å². The number of ether oxygens (including phenoxy) is 2. The van der Waals surface area contributed by atoms with Gasteiger partial charge in [0.05, 0.1) is 0 Å². The molecule has 0 spiro atoms. The van der Waals surface area contributed by atoms with Gasteiger partial charge in [-0.25, -0.2) is 0 Å². The molecule has 4 rings (SSSR count). The molecule has 0 amide bonds. The van der Waals surface area contributed by atoms with Gasteiger partial charge in [-0.05, 0) is 84.3 Å². The predicted octanol–water partition coefficient (Wildman–Crippen LogP) is 7.98. The molecule has 0 aliphatic rings. The monoisotopic (exact) mass is 465 g/mol. The summed E-state index contributed by atoms with van der Waals surface area (Å²) in [4.78, 5) is 2.33. The highest BCUT2D eigenvalue weighted by Gasteiger charge is 2.13. The van der Waals surface area contributed by atoms with Crippen LogP contribution < -0.4 is 4.90 Å². The number of aryl methyl sites for hydroxylation is 2. The standard InChI is InChI=1S/C32H35NO2/c1-34-24-6-8-26-12-18-30(19-13-26)33(31-20-14-27(15-21-31)9-7-25-35-2)32-22-16-29(17-23-32)28-10-4-3-5-11-28/h3-5,10-23H,6-9,24-25H2,1-2H3. The summed E-state index contributed by atoms with van der Waals surface area (Å²) in [5.41, 5.74) is 8.56. The number of nitrogens with zero attached hydrogens (tertiary/aromatic N) is 1. The maximum Gasteiger partial charge on any atom is 0.0465 e. The smallest absolute Gasteiger partial charge is 0.0465 e. The van der Waals surface area contributed by atoms with E-state index in [-0.39, 0.29) is 0 Å². The van der Waals surface area contributed by atoms with Crippen LogP contribution in [0.25, 0.3) is 11.1 Å². The lowest BCUT2D eigenvalue weighted by molar-refractivity contribution is 0.195. The third-order valence-electron chi connectivity index (χ3n) is 6.25. The van der Waals surface area contributed by atoms with Crippen LogP contribution in [-0.2, 0) is 22.3 Å². The van der Waals surface area contributed by atoms with Crippen LogP contribution in [0.5, 0.6) is 0 Å². The van der Waals surface area contributed by atoms with Gasteiger partial charge in [-0.3, -0.25) is 0 Å². The first-order valence-electron chi connectivity index (χ1n) is 12.4. The fraction of sp³-hybridized carbons (Fsp3) is 0.250. The normalized spacial score (nSPS) is 10.9. The number of anilines is 3. The fourth-order valence-electron chi connectivity index (χ4n) is 4.35. The molecule has 4 aromatic rings. The zero-order chi connectivity index (χ0) is 24.3. The van der Waals surface area contributed by atoms with Crippen molar-refractivity contribution in [2.75, 3.05) is 32.3 Å². The minimum atomic E-state index is 0.790. The lowest BCUT2D eigenvalue weighted by atomic mass is 10.0. The molecule has 0 N–H and O–H groups in total. The first kappa shape index (κ1) is 24.7. The molecule has 0 saturated heterocycles. The van der Waals surface area contributed by atoms with E-state index < -0.39 is 0 Å². The molecule has 0 saturated carbocycles. The van der Waals surface area contributed by atoms with Crippen LogP contribution in [-0.4, -0.2) is 27.4 Å². The van der Waals surface area contributed by atoms with Crippen LogP contribution in [0.4, 0.5) is 17.1 Å². The van der Waals surface area contributed by atoms with Crippen LogP contribution in [0.3, 0.4) is 0 Å². The van der Waals surface area contributed by atoms with Crippen LogP contribution >= 0.6 is 0 Å². The quantitative estimate of drug-likeness (QED) is 0.198. The summed E-state index contributed by atoms with van der Waals surface area (Å²) in [5.74, 6) is 0. The van der Waals surface area contributed by atoms with E-state index in [1.165, 1.54) is 22.3 Å². The average Bonchev–Trinajstić information content (AvgIpc) is 2.92. The number of rotatable bonds is 12. The molecule has 0 bridgehead atoms. The Balaban J connectivity index is 1.62. The van der Waals surface area contributed by atoms with Crippen molar-refractivity contribution in [1.29, 1.82) is 0 Å². The van der Waals surface area contributed by atoms with Crippen molar-refractivity contribution in [3.05, 3.63) is 114 Å². The second kappa shape index (κ2) is 12.9. The Hall–Kier alpha value is -3.40. The third kappa shape index (κ3) is 6.82. The van der Waals surface area contributed by atoms with Gasteiger partial charge in [0.25, 0.3) is 0 Å². The molecule has 180 valence electrons. The van der Waals surface area contributed by atoms with Crippen molar-refractivity contribution in [2.45, 2.75) is 25.7 Å². The van der Waals surface area contributed by atoms with Crippen molar-refractivity contribution >= 4 is 17.1 Å². The van der Waals surface area contributed by atoms with Gasteiger partial charge in [-0.2, -0.15) is 0 Å². The van der Waals surface area contributed by atoms with E-state index in [4.69, 9.17) is 9.47 Å². The summed E-state index contributed by atoms with van der Waals surface area (Å²) in [7, 11) is 3.51. The third-order valence-corrected chi connectivity index (χ3v) is 6.25. The Morgan fingerprint density at radius 2 is 0.886 bits per heavy atom.